The first kappa shape index (κ1) is 13.7. The predicted octanol–water partition coefficient (Wildman–Crippen LogP) is 3.57. The number of benzene rings is 2. The highest BCUT2D eigenvalue weighted by molar-refractivity contribution is 9.10. The summed E-state index contributed by atoms with van der Waals surface area (Å²) in [6.07, 6.45) is 1.50. The Morgan fingerprint density at radius 2 is 1.90 bits per heavy atom. The second-order valence-corrected chi connectivity index (χ2v) is 5.57. The van der Waals surface area contributed by atoms with Crippen LogP contribution < -0.4 is 0 Å². The van der Waals surface area contributed by atoms with Crippen LogP contribution in [0.4, 0.5) is 0 Å². The first-order valence-corrected chi connectivity index (χ1v) is 7.23. The van der Waals surface area contributed by atoms with Gasteiger partial charge < -0.3 is 0 Å². The molecule has 0 saturated carbocycles. The van der Waals surface area contributed by atoms with E-state index >= 15 is 0 Å². The maximum Gasteiger partial charge on any atom is 0.213 e. The molecular weight excluding hydrogens is 330 g/mol. The molecule has 3 rings (SSSR count). The molecule has 0 aliphatic carbocycles. The van der Waals surface area contributed by atoms with E-state index in [1.54, 1.807) is 4.68 Å². The zero-order chi connectivity index (χ0) is 14.8. The normalized spacial score (nSPS) is 10.6. The molecule has 4 nitrogen and oxygen atoms in total. The summed E-state index contributed by atoms with van der Waals surface area (Å²) in [7, 11) is 0. The minimum absolute atomic E-state index is 0.0948. The lowest BCUT2D eigenvalue weighted by Crippen LogP contribution is -2.11. The fourth-order valence-corrected chi connectivity index (χ4v) is 2.49. The fourth-order valence-electron chi connectivity index (χ4n) is 2.13. The molecule has 0 fully saturated rings. The number of ketones is 1. The highest BCUT2D eigenvalue weighted by Crippen LogP contribution is 2.20. The highest BCUT2D eigenvalue weighted by atomic mass is 79.9. The van der Waals surface area contributed by atoms with Gasteiger partial charge >= 0.3 is 0 Å². The van der Waals surface area contributed by atoms with Gasteiger partial charge in [-0.15, -0.1) is 5.10 Å². The zero-order valence-corrected chi connectivity index (χ0v) is 12.9. The van der Waals surface area contributed by atoms with E-state index < -0.39 is 0 Å². The Morgan fingerprint density at radius 1 is 1.14 bits per heavy atom. The van der Waals surface area contributed by atoms with Crippen molar-refractivity contribution >= 4 is 21.7 Å². The molecule has 0 saturated heterocycles. The van der Waals surface area contributed by atoms with E-state index in [1.165, 1.54) is 6.20 Å². The van der Waals surface area contributed by atoms with Crippen LogP contribution in [0.2, 0.25) is 0 Å². The minimum atomic E-state index is -0.0948. The van der Waals surface area contributed by atoms with Crippen molar-refractivity contribution in [1.29, 1.82) is 0 Å². The number of carbonyl (C=O) groups excluding carboxylic acids is 1. The van der Waals surface area contributed by atoms with Gasteiger partial charge in [-0.3, -0.25) is 4.79 Å². The molecule has 0 spiro atoms. The molecular formula is C16H12BrN3O. The summed E-state index contributed by atoms with van der Waals surface area (Å²) >= 11 is 3.40. The van der Waals surface area contributed by atoms with Crippen LogP contribution in [0.1, 0.15) is 21.6 Å². The first-order valence-electron chi connectivity index (χ1n) is 6.44. The first-order chi connectivity index (χ1) is 10.2. The summed E-state index contributed by atoms with van der Waals surface area (Å²) in [6, 6.07) is 15.1. The molecule has 104 valence electrons. The van der Waals surface area contributed by atoms with Crippen LogP contribution in [0.5, 0.6) is 0 Å². The molecule has 0 aliphatic heterocycles. The quantitative estimate of drug-likeness (QED) is 0.684. The van der Waals surface area contributed by atoms with E-state index in [2.05, 4.69) is 26.2 Å². The lowest BCUT2D eigenvalue weighted by molar-refractivity contribution is 0.103. The van der Waals surface area contributed by atoms with E-state index in [1.807, 2.05) is 55.5 Å². The van der Waals surface area contributed by atoms with Crippen LogP contribution in [0.25, 0.3) is 5.69 Å². The van der Waals surface area contributed by atoms with Crippen molar-refractivity contribution in [3.63, 3.8) is 0 Å². The molecule has 1 heterocycles. The van der Waals surface area contributed by atoms with Crippen molar-refractivity contribution in [2.24, 2.45) is 0 Å². The SMILES string of the molecule is Cc1ccc(Br)cc1C(=O)c1cnnn1-c1ccccc1. The second-order valence-electron chi connectivity index (χ2n) is 4.65. The Bertz CT molecular complexity index is 796. The second kappa shape index (κ2) is 5.61. The third-order valence-electron chi connectivity index (χ3n) is 3.23. The molecule has 0 atom stereocenters. The van der Waals surface area contributed by atoms with Crippen molar-refractivity contribution in [2.75, 3.05) is 0 Å². The van der Waals surface area contributed by atoms with E-state index in [4.69, 9.17) is 0 Å². The largest absolute Gasteiger partial charge is 0.287 e. The lowest BCUT2D eigenvalue weighted by Gasteiger charge is -2.07. The zero-order valence-electron chi connectivity index (χ0n) is 11.3. The standard InChI is InChI=1S/C16H12BrN3O/c1-11-7-8-12(17)9-14(11)16(21)15-10-18-19-20(15)13-5-3-2-4-6-13/h2-10H,1H3. The molecule has 0 unspecified atom stereocenters. The Labute approximate surface area is 130 Å². The van der Waals surface area contributed by atoms with Crippen molar-refractivity contribution in [2.45, 2.75) is 6.92 Å². The van der Waals surface area contributed by atoms with Crippen LogP contribution in [0, 0.1) is 6.92 Å². The number of hydrogen-bond acceptors (Lipinski definition) is 3. The topological polar surface area (TPSA) is 47.8 Å². The molecule has 0 amide bonds. The Morgan fingerprint density at radius 3 is 2.67 bits per heavy atom. The van der Waals surface area contributed by atoms with Gasteiger partial charge in [0, 0.05) is 10.0 Å². The highest BCUT2D eigenvalue weighted by Gasteiger charge is 2.18. The third-order valence-corrected chi connectivity index (χ3v) is 3.72. The summed E-state index contributed by atoms with van der Waals surface area (Å²) in [5, 5.41) is 7.90. The molecule has 0 radical (unpaired) electrons. The lowest BCUT2D eigenvalue weighted by atomic mass is 10.0. The maximum atomic E-state index is 12.8. The fraction of sp³-hybridized carbons (Fsp3) is 0.0625. The van der Waals surface area contributed by atoms with Gasteiger partial charge in [-0.05, 0) is 36.8 Å². The summed E-state index contributed by atoms with van der Waals surface area (Å²) in [6.45, 7) is 1.91. The number of aryl methyl sites for hydroxylation is 1. The molecule has 0 aliphatic rings. The number of rotatable bonds is 3. The van der Waals surface area contributed by atoms with Gasteiger partial charge in [0.25, 0.3) is 0 Å². The summed E-state index contributed by atoms with van der Waals surface area (Å²) in [4.78, 5) is 12.8. The van der Waals surface area contributed by atoms with Crippen molar-refractivity contribution in [3.8, 4) is 5.69 Å². The van der Waals surface area contributed by atoms with Crippen LogP contribution in [-0.4, -0.2) is 20.8 Å². The van der Waals surface area contributed by atoms with Gasteiger partial charge in [0.15, 0.2) is 0 Å². The van der Waals surface area contributed by atoms with Crippen LogP contribution in [0.3, 0.4) is 0 Å². The smallest absolute Gasteiger partial charge is 0.213 e. The number of nitrogens with zero attached hydrogens (tertiary/aromatic N) is 3. The van der Waals surface area contributed by atoms with Gasteiger partial charge in [-0.2, -0.15) is 0 Å². The van der Waals surface area contributed by atoms with E-state index in [0.29, 0.717) is 11.3 Å². The van der Waals surface area contributed by atoms with E-state index in [0.717, 1.165) is 15.7 Å². The van der Waals surface area contributed by atoms with Gasteiger partial charge in [-0.1, -0.05) is 45.4 Å². The molecule has 0 bridgehead atoms. The van der Waals surface area contributed by atoms with Crippen LogP contribution in [-0.2, 0) is 0 Å². The van der Waals surface area contributed by atoms with Crippen molar-refractivity contribution in [1.82, 2.24) is 15.0 Å². The number of hydrogen-bond donors (Lipinski definition) is 0. The summed E-state index contributed by atoms with van der Waals surface area (Å²) in [5.41, 5.74) is 2.82. The number of carbonyl (C=O) groups is 1. The molecule has 1 aromatic heterocycles. The van der Waals surface area contributed by atoms with E-state index in [9.17, 15) is 4.79 Å². The predicted molar refractivity (Wildman–Crippen MR) is 83.7 cm³/mol. The molecule has 5 heteroatoms. The molecule has 3 aromatic rings. The summed E-state index contributed by atoms with van der Waals surface area (Å²) < 4.78 is 2.43. The Balaban J connectivity index is 2.08. The molecule has 2 aromatic carbocycles. The minimum Gasteiger partial charge on any atom is -0.287 e. The van der Waals surface area contributed by atoms with Crippen molar-refractivity contribution in [3.05, 3.63) is 76.0 Å². The Kier molecular flexibility index (Phi) is 3.66. The van der Waals surface area contributed by atoms with Gasteiger partial charge in [0.1, 0.15) is 5.69 Å². The Hall–Kier alpha value is -2.27. The number of halogens is 1. The number of aromatic nitrogens is 3. The van der Waals surface area contributed by atoms with Crippen LogP contribution >= 0.6 is 15.9 Å². The van der Waals surface area contributed by atoms with Gasteiger partial charge in [0.05, 0.1) is 11.9 Å². The maximum absolute atomic E-state index is 12.8. The van der Waals surface area contributed by atoms with Crippen LogP contribution in [0.15, 0.2) is 59.2 Å². The summed E-state index contributed by atoms with van der Waals surface area (Å²) in [5.74, 6) is -0.0948. The van der Waals surface area contributed by atoms with Crippen molar-refractivity contribution < 1.29 is 4.79 Å². The number of para-hydroxylation sites is 1. The monoisotopic (exact) mass is 341 g/mol. The van der Waals surface area contributed by atoms with E-state index in [-0.39, 0.29) is 5.78 Å². The third kappa shape index (κ3) is 2.64. The average molecular weight is 342 g/mol. The van der Waals surface area contributed by atoms with Gasteiger partial charge in [0.2, 0.25) is 5.78 Å². The van der Waals surface area contributed by atoms with Gasteiger partial charge in [-0.25, -0.2) is 4.68 Å². The average Bonchev–Trinajstić information content (AvgIpc) is 2.99. The molecule has 21 heavy (non-hydrogen) atoms. The molecule has 0 N–H and O–H groups in total.